The zero-order chi connectivity index (χ0) is 20.4. The highest BCUT2D eigenvalue weighted by atomic mass is 16.5. The predicted octanol–water partition coefficient (Wildman–Crippen LogP) is 6.04. The predicted molar refractivity (Wildman–Crippen MR) is 116 cm³/mol. The fourth-order valence-corrected chi connectivity index (χ4v) is 2.90. The molecule has 0 saturated carbocycles. The second-order valence-corrected chi connectivity index (χ2v) is 7.03. The van der Waals surface area contributed by atoms with Crippen LogP contribution in [0.4, 0.5) is 5.69 Å². The first kappa shape index (κ1) is 21.5. The van der Waals surface area contributed by atoms with Gasteiger partial charge in [0.25, 0.3) is 0 Å². The third-order valence-corrected chi connectivity index (χ3v) is 4.46. The van der Waals surface area contributed by atoms with Crippen molar-refractivity contribution < 1.29 is 14.3 Å². The molecule has 28 heavy (non-hydrogen) atoms. The van der Waals surface area contributed by atoms with Crippen molar-refractivity contribution in [3.05, 3.63) is 59.7 Å². The van der Waals surface area contributed by atoms with E-state index in [4.69, 9.17) is 9.47 Å². The van der Waals surface area contributed by atoms with Crippen LogP contribution in [0.5, 0.6) is 11.5 Å². The quantitative estimate of drug-likeness (QED) is 0.403. The number of hydrogen-bond acceptors (Lipinski definition) is 3. The van der Waals surface area contributed by atoms with Crippen molar-refractivity contribution in [2.45, 2.75) is 46.0 Å². The lowest BCUT2D eigenvalue weighted by Gasteiger charge is -2.12. The molecular weight excluding hydrogens is 350 g/mol. The lowest BCUT2D eigenvalue weighted by Crippen LogP contribution is -2.10. The van der Waals surface area contributed by atoms with Gasteiger partial charge in [-0.15, -0.1) is 0 Å². The van der Waals surface area contributed by atoms with Crippen LogP contribution in [-0.2, 0) is 4.79 Å². The molecule has 0 unspecified atom stereocenters. The van der Waals surface area contributed by atoms with Gasteiger partial charge in [-0.1, -0.05) is 57.9 Å². The second kappa shape index (κ2) is 11.2. The molecule has 4 heteroatoms. The third kappa shape index (κ3) is 6.45. The van der Waals surface area contributed by atoms with Gasteiger partial charge in [0.05, 0.1) is 13.7 Å². The molecule has 4 nitrogen and oxygen atoms in total. The van der Waals surface area contributed by atoms with Crippen LogP contribution < -0.4 is 14.8 Å². The van der Waals surface area contributed by atoms with Crippen molar-refractivity contribution in [2.24, 2.45) is 0 Å². The summed E-state index contributed by atoms with van der Waals surface area (Å²) >= 11 is 0. The van der Waals surface area contributed by atoms with Crippen molar-refractivity contribution in [3.8, 4) is 11.5 Å². The Morgan fingerprint density at radius 1 is 1.11 bits per heavy atom. The minimum absolute atomic E-state index is 0.160. The largest absolute Gasteiger partial charge is 0.493 e. The number of unbranched alkanes of at least 4 members (excludes halogenated alkanes) is 2. The molecule has 0 atom stereocenters. The fraction of sp³-hybridized carbons (Fsp3) is 0.375. The van der Waals surface area contributed by atoms with E-state index < -0.39 is 0 Å². The van der Waals surface area contributed by atoms with Gasteiger partial charge >= 0.3 is 0 Å². The lowest BCUT2D eigenvalue weighted by molar-refractivity contribution is -0.111. The maximum absolute atomic E-state index is 12.3. The molecule has 0 bridgehead atoms. The lowest BCUT2D eigenvalue weighted by atomic mass is 10.0. The van der Waals surface area contributed by atoms with Crippen molar-refractivity contribution in [1.82, 2.24) is 0 Å². The Hall–Kier alpha value is -2.75. The molecule has 1 N–H and O–H groups in total. The first-order valence-electron chi connectivity index (χ1n) is 9.94. The molecule has 0 aliphatic heterocycles. The number of anilines is 1. The summed E-state index contributed by atoms with van der Waals surface area (Å²) in [6.45, 7) is 7.06. The Bertz CT molecular complexity index is 796. The number of ether oxygens (including phenoxy) is 2. The van der Waals surface area contributed by atoms with E-state index in [1.165, 1.54) is 6.08 Å². The Morgan fingerprint density at radius 2 is 1.89 bits per heavy atom. The number of rotatable bonds is 10. The Morgan fingerprint density at radius 3 is 2.61 bits per heavy atom. The van der Waals surface area contributed by atoms with Gasteiger partial charge in [-0.25, -0.2) is 0 Å². The van der Waals surface area contributed by atoms with Gasteiger partial charge in [-0.05, 0) is 47.7 Å². The molecule has 2 rings (SSSR count). The number of carbonyl (C=O) groups excluding carboxylic acids is 1. The van der Waals surface area contributed by atoms with Crippen LogP contribution >= 0.6 is 0 Å². The molecule has 0 saturated heterocycles. The van der Waals surface area contributed by atoms with Crippen LogP contribution in [0.3, 0.4) is 0 Å². The Kier molecular flexibility index (Phi) is 8.60. The Balaban J connectivity index is 2.02. The second-order valence-electron chi connectivity index (χ2n) is 7.03. The monoisotopic (exact) mass is 381 g/mol. The van der Waals surface area contributed by atoms with E-state index >= 15 is 0 Å². The first-order valence-corrected chi connectivity index (χ1v) is 9.94. The average Bonchev–Trinajstić information content (AvgIpc) is 2.70. The van der Waals surface area contributed by atoms with E-state index in [-0.39, 0.29) is 5.91 Å². The molecule has 0 radical (unpaired) electrons. The molecule has 0 spiro atoms. The van der Waals surface area contributed by atoms with Gasteiger partial charge in [-0.3, -0.25) is 4.79 Å². The highest BCUT2D eigenvalue weighted by Crippen LogP contribution is 2.29. The molecule has 0 aromatic heterocycles. The molecule has 0 heterocycles. The summed E-state index contributed by atoms with van der Waals surface area (Å²) in [5.41, 5.74) is 2.85. The van der Waals surface area contributed by atoms with E-state index in [0.717, 1.165) is 41.8 Å². The van der Waals surface area contributed by atoms with Gasteiger partial charge in [0.2, 0.25) is 5.91 Å². The highest BCUT2D eigenvalue weighted by molar-refractivity contribution is 6.02. The van der Waals surface area contributed by atoms with Gasteiger partial charge in [0.1, 0.15) is 0 Å². The van der Waals surface area contributed by atoms with Crippen LogP contribution in [0.25, 0.3) is 6.08 Å². The summed E-state index contributed by atoms with van der Waals surface area (Å²) in [4.78, 5) is 12.3. The summed E-state index contributed by atoms with van der Waals surface area (Å²) in [5.74, 6) is 1.58. The van der Waals surface area contributed by atoms with Crippen molar-refractivity contribution in [3.63, 3.8) is 0 Å². The third-order valence-electron chi connectivity index (χ3n) is 4.46. The normalized spacial score (nSPS) is 11.0. The van der Waals surface area contributed by atoms with Crippen LogP contribution in [0.2, 0.25) is 0 Å². The van der Waals surface area contributed by atoms with Crippen molar-refractivity contribution in [2.75, 3.05) is 19.0 Å². The van der Waals surface area contributed by atoms with Crippen LogP contribution in [-0.4, -0.2) is 19.6 Å². The van der Waals surface area contributed by atoms with Gasteiger partial charge in [0, 0.05) is 11.8 Å². The zero-order valence-electron chi connectivity index (χ0n) is 17.3. The summed E-state index contributed by atoms with van der Waals surface area (Å²) in [6, 6.07) is 13.6. The number of methoxy groups -OCH3 is 1. The first-order chi connectivity index (χ1) is 13.5. The minimum Gasteiger partial charge on any atom is -0.493 e. The smallest absolute Gasteiger partial charge is 0.248 e. The number of nitrogens with one attached hydrogen (secondary N) is 1. The van der Waals surface area contributed by atoms with Crippen molar-refractivity contribution in [1.29, 1.82) is 0 Å². The standard InChI is InChI=1S/C24H31NO3/c1-5-6-9-16-28-22-14-12-19(17-23(22)27-4)13-15-24(26)25-21-11-8-7-10-20(21)18(2)3/h7-8,10-15,17-18H,5-6,9,16H2,1-4H3,(H,25,26)/b15-13+. The van der Waals surface area contributed by atoms with E-state index in [1.807, 2.05) is 42.5 Å². The molecule has 150 valence electrons. The maximum Gasteiger partial charge on any atom is 0.248 e. The van der Waals surface area contributed by atoms with E-state index in [9.17, 15) is 4.79 Å². The van der Waals surface area contributed by atoms with Gasteiger partial charge in [-0.2, -0.15) is 0 Å². The Labute approximate surface area is 168 Å². The van der Waals surface area contributed by atoms with Crippen molar-refractivity contribution >= 4 is 17.7 Å². The average molecular weight is 382 g/mol. The van der Waals surface area contributed by atoms with Crippen LogP contribution in [0.1, 0.15) is 57.1 Å². The van der Waals surface area contributed by atoms with E-state index in [0.29, 0.717) is 18.3 Å². The van der Waals surface area contributed by atoms with E-state index in [1.54, 1.807) is 13.2 Å². The molecule has 0 aliphatic carbocycles. The number of hydrogen-bond donors (Lipinski definition) is 1. The summed E-state index contributed by atoms with van der Waals surface area (Å²) < 4.78 is 11.2. The van der Waals surface area contributed by atoms with Crippen LogP contribution in [0.15, 0.2) is 48.5 Å². The summed E-state index contributed by atoms with van der Waals surface area (Å²) in [5, 5.41) is 2.96. The molecule has 1 amide bonds. The van der Waals surface area contributed by atoms with E-state index in [2.05, 4.69) is 26.1 Å². The zero-order valence-corrected chi connectivity index (χ0v) is 17.3. The fourth-order valence-electron chi connectivity index (χ4n) is 2.90. The molecule has 2 aromatic rings. The summed E-state index contributed by atoms with van der Waals surface area (Å²) in [7, 11) is 1.62. The number of para-hydroxylation sites is 1. The number of carbonyl (C=O) groups is 1. The molecule has 0 aliphatic rings. The molecule has 0 fully saturated rings. The van der Waals surface area contributed by atoms with Gasteiger partial charge < -0.3 is 14.8 Å². The molecule has 2 aromatic carbocycles. The minimum atomic E-state index is -0.160. The van der Waals surface area contributed by atoms with Crippen LogP contribution in [0, 0.1) is 0 Å². The van der Waals surface area contributed by atoms with Gasteiger partial charge in [0.15, 0.2) is 11.5 Å². The summed E-state index contributed by atoms with van der Waals surface area (Å²) in [6.07, 6.45) is 6.65. The highest BCUT2D eigenvalue weighted by Gasteiger charge is 2.08. The topological polar surface area (TPSA) is 47.6 Å². The SMILES string of the molecule is CCCCCOc1ccc(/C=C/C(=O)Nc2ccccc2C(C)C)cc1OC. The number of amides is 1. The number of benzene rings is 2. The maximum atomic E-state index is 12.3. The molecular formula is C24H31NO3.